The van der Waals surface area contributed by atoms with Gasteiger partial charge >= 0.3 is 6.09 Å². The second kappa shape index (κ2) is 10.7. The third-order valence-corrected chi connectivity index (χ3v) is 3.72. The molecule has 0 bridgehead atoms. The molecule has 0 radical (unpaired) electrons. The van der Waals surface area contributed by atoms with E-state index >= 15 is 0 Å². The molecule has 0 unspecified atom stereocenters. The van der Waals surface area contributed by atoms with Gasteiger partial charge in [0.1, 0.15) is 0 Å². The molecule has 2 aromatic carbocycles. The Kier molecular flexibility index (Phi) is 8.04. The molecule has 9 nitrogen and oxygen atoms in total. The molecule has 0 heterocycles. The van der Waals surface area contributed by atoms with E-state index in [-0.39, 0.29) is 23.8 Å². The molecule has 0 fully saturated rings. The van der Waals surface area contributed by atoms with Crippen molar-refractivity contribution in [3.05, 3.63) is 53.6 Å². The van der Waals surface area contributed by atoms with Crippen molar-refractivity contribution in [3.63, 3.8) is 0 Å². The number of hydrazine groups is 1. The van der Waals surface area contributed by atoms with Gasteiger partial charge in [-0.15, -0.1) is 0 Å². The monoisotopic (exact) mass is 415 g/mol. The van der Waals surface area contributed by atoms with Crippen LogP contribution in [0.2, 0.25) is 0 Å². The summed E-state index contributed by atoms with van der Waals surface area (Å²) in [5.74, 6) is -0.166. The summed E-state index contributed by atoms with van der Waals surface area (Å²) in [6.07, 6.45) is -0.672. The molecule has 0 aliphatic rings. The van der Waals surface area contributed by atoms with E-state index in [0.717, 1.165) is 0 Å². The molecule has 9 heteroatoms. The van der Waals surface area contributed by atoms with Crippen molar-refractivity contribution in [3.8, 4) is 11.5 Å². The maximum absolute atomic E-state index is 12.4. The fraction of sp³-hybridized carbons (Fsp3) is 0.286. The highest BCUT2D eigenvalue weighted by molar-refractivity contribution is 6.00. The smallest absolute Gasteiger partial charge is 0.411 e. The van der Waals surface area contributed by atoms with Crippen LogP contribution in [-0.2, 0) is 4.74 Å². The number of carbonyl (C=O) groups is 3. The summed E-state index contributed by atoms with van der Waals surface area (Å²) in [5.41, 5.74) is 5.58. The molecule has 0 aliphatic carbocycles. The zero-order chi connectivity index (χ0) is 22.1. The molecule has 0 atom stereocenters. The predicted octanol–water partition coefficient (Wildman–Crippen LogP) is 3.13. The zero-order valence-electron chi connectivity index (χ0n) is 17.3. The largest absolute Gasteiger partial charge is 0.493 e. The van der Waals surface area contributed by atoms with Crippen molar-refractivity contribution in [2.45, 2.75) is 26.9 Å². The Labute approximate surface area is 174 Å². The molecule has 160 valence electrons. The number of rotatable bonds is 7. The first-order chi connectivity index (χ1) is 14.3. The molecule has 0 aliphatic heterocycles. The van der Waals surface area contributed by atoms with Crippen molar-refractivity contribution in [1.29, 1.82) is 0 Å². The molecule has 2 rings (SSSR count). The second-order valence-electron chi connectivity index (χ2n) is 6.37. The Morgan fingerprint density at radius 2 is 1.60 bits per heavy atom. The van der Waals surface area contributed by atoms with E-state index in [1.807, 2.05) is 13.8 Å². The summed E-state index contributed by atoms with van der Waals surface area (Å²) in [5, 5.41) is 2.51. The van der Waals surface area contributed by atoms with Crippen LogP contribution in [0.5, 0.6) is 11.5 Å². The van der Waals surface area contributed by atoms with Crippen molar-refractivity contribution >= 4 is 23.6 Å². The summed E-state index contributed by atoms with van der Waals surface area (Å²) in [6, 6.07) is 10.9. The topological polar surface area (TPSA) is 115 Å². The van der Waals surface area contributed by atoms with Gasteiger partial charge in [0.2, 0.25) is 0 Å². The first kappa shape index (κ1) is 22.5. The van der Waals surface area contributed by atoms with Crippen LogP contribution >= 0.6 is 0 Å². The minimum atomic E-state index is -0.623. The van der Waals surface area contributed by atoms with Crippen LogP contribution in [0.4, 0.5) is 10.5 Å². The van der Waals surface area contributed by atoms with E-state index in [4.69, 9.17) is 14.2 Å². The van der Waals surface area contributed by atoms with Gasteiger partial charge in [-0.25, -0.2) is 4.79 Å². The van der Waals surface area contributed by atoms with Crippen LogP contribution in [0.25, 0.3) is 0 Å². The van der Waals surface area contributed by atoms with Gasteiger partial charge in [-0.2, -0.15) is 0 Å². The summed E-state index contributed by atoms with van der Waals surface area (Å²) < 4.78 is 15.7. The number of methoxy groups -OCH3 is 1. The zero-order valence-corrected chi connectivity index (χ0v) is 17.3. The molecular weight excluding hydrogens is 390 g/mol. The van der Waals surface area contributed by atoms with Gasteiger partial charge in [0, 0.05) is 16.8 Å². The van der Waals surface area contributed by atoms with Crippen LogP contribution in [0.3, 0.4) is 0 Å². The lowest BCUT2D eigenvalue weighted by atomic mass is 10.2. The Morgan fingerprint density at radius 1 is 0.933 bits per heavy atom. The van der Waals surface area contributed by atoms with Crippen molar-refractivity contribution in [1.82, 2.24) is 10.9 Å². The molecule has 0 saturated carbocycles. The minimum absolute atomic E-state index is 0.0491. The van der Waals surface area contributed by atoms with Gasteiger partial charge in [-0.05, 0) is 57.2 Å². The number of nitrogens with one attached hydrogen (secondary N) is 3. The SMILES string of the molecule is CCOC(=O)Nc1cccc(C(=O)NNC(=O)c2ccc(OC(C)C)c(OC)c2)c1. The fourth-order valence-electron chi connectivity index (χ4n) is 2.44. The van der Waals surface area contributed by atoms with E-state index in [1.54, 1.807) is 37.3 Å². The van der Waals surface area contributed by atoms with E-state index in [9.17, 15) is 14.4 Å². The predicted molar refractivity (Wildman–Crippen MR) is 111 cm³/mol. The molecule has 3 N–H and O–H groups in total. The summed E-state index contributed by atoms with van der Waals surface area (Å²) in [6.45, 7) is 5.68. The maximum Gasteiger partial charge on any atom is 0.411 e. The standard InChI is InChI=1S/C21H25N3O6/c1-5-29-21(27)22-16-8-6-7-14(11-16)19(25)23-24-20(26)15-9-10-17(30-13(2)3)18(12-15)28-4/h6-13H,5H2,1-4H3,(H,22,27)(H,23,25)(H,24,26). The molecule has 3 amide bonds. The molecular formula is C21H25N3O6. The number of ether oxygens (including phenoxy) is 3. The van der Waals surface area contributed by atoms with Crippen LogP contribution in [0, 0.1) is 0 Å². The number of benzene rings is 2. The van der Waals surface area contributed by atoms with Gasteiger partial charge < -0.3 is 14.2 Å². The average Bonchev–Trinajstić information content (AvgIpc) is 2.72. The summed E-state index contributed by atoms with van der Waals surface area (Å²) in [7, 11) is 1.48. The highest BCUT2D eigenvalue weighted by Gasteiger charge is 2.14. The molecule has 0 aromatic heterocycles. The van der Waals surface area contributed by atoms with Crippen LogP contribution < -0.4 is 25.6 Å². The van der Waals surface area contributed by atoms with Crippen LogP contribution in [0.15, 0.2) is 42.5 Å². The second-order valence-corrected chi connectivity index (χ2v) is 6.37. The fourth-order valence-corrected chi connectivity index (χ4v) is 2.44. The van der Waals surface area contributed by atoms with E-state index < -0.39 is 17.9 Å². The Morgan fingerprint density at radius 3 is 2.20 bits per heavy atom. The van der Waals surface area contributed by atoms with Gasteiger partial charge in [0.05, 0.1) is 19.8 Å². The number of anilines is 1. The minimum Gasteiger partial charge on any atom is -0.493 e. The first-order valence-electron chi connectivity index (χ1n) is 9.33. The molecule has 0 saturated heterocycles. The Hall–Kier alpha value is -3.75. The highest BCUT2D eigenvalue weighted by Crippen LogP contribution is 2.28. The van der Waals surface area contributed by atoms with Crippen LogP contribution in [-0.4, -0.2) is 37.7 Å². The Bertz CT molecular complexity index is 913. The number of hydrogen-bond acceptors (Lipinski definition) is 6. The molecule has 2 aromatic rings. The third-order valence-electron chi connectivity index (χ3n) is 3.72. The lowest BCUT2D eigenvalue weighted by Gasteiger charge is -2.14. The number of amides is 3. The first-order valence-corrected chi connectivity index (χ1v) is 9.33. The lowest BCUT2D eigenvalue weighted by molar-refractivity contribution is 0.0846. The molecule has 0 spiro atoms. The van der Waals surface area contributed by atoms with E-state index in [1.165, 1.54) is 19.2 Å². The van der Waals surface area contributed by atoms with Crippen molar-refractivity contribution in [2.75, 3.05) is 19.0 Å². The van der Waals surface area contributed by atoms with Gasteiger partial charge in [0.15, 0.2) is 11.5 Å². The van der Waals surface area contributed by atoms with Crippen molar-refractivity contribution in [2.24, 2.45) is 0 Å². The van der Waals surface area contributed by atoms with Crippen molar-refractivity contribution < 1.29 is 28.6 Å². The number of carbonyl (C=O) groups excluding carboxylic acids is 3. The van der Waals surface area contributed by atoms with Gasteiger partial charge in [-0.3, -0.25) is 25.8 Å². The van der Waals surface area contributed by atoms with E-state index in [2.05, 4.69) is 16.2 Å². The summed E-state index contributed by atoms with van der Waals surface area (Å²) in [4.78, 5) is 36.2. The van der Waals surface area contributed by atoms with Gasteiger partial charge in [0.25, 0.3) is 11.8 Å². The normalized spacial score (nSPS) is 10.2. The maximum atomic E-state index is 12.4. The van der Waals surface area contributed by atoms with E-state index in [0.29, 0.717) is 17.2 Å². The average molecular weight is 415 g/mol. The van der Waals surface area contributed by atoms with Gasteiger partial charge in [-0.1, -0.05) is 6.07 Å². The number of hydrogen-bond donors (Lipinski definition) is 3. The van der Waals surface area contributed by atoms with Crippen LogP contribution in [0.1, 0.15) is 41.5 Å². The third kappa shape index (κ3) is 6.40. The Balaban J connectivity index is 2.00. The lowest BCUT2D eigenvalue weighted by Crippen LogP contribution is -2.41. The quantitative estimate of drug-likeness (QED) is 0.599. The highest BCUT2D eigenvalue weighted by atomic mass is 16.5. The molecule has 30 heavy (non-hydrogen) atoms. The summed E-state index contributed by atoms with van der Waals surface area (Å²) >= 11 is 0.